The fraction of sp³-hybridized carbons (Fsp3) is 0.300. The third-order valence-electron chi connectivity index (χ3n) is 4.30. The minimum atomic E-state index is -0.482. The lowest BCUT2D eigenvalue weighted by Gasteiger charge is -2.24. The van der Waals surface area contributed by atoms with Crippen molar-refractivity contribution in [2.24, 2.45) is 0 Å². The van der Waals surface area contributed by atoms with Crippen molar-refractivity contribution in [2.75, 3.05) is 0 Å². The Morgan fingerprint density at radius 3 is 2.25 bits per heavy atom. The van der Waals surface area contributed by atoms with Gasteiger partial charge in [0.2, 0.25) is 0 Å². The highest BCUT2D eigenvalue weighted by Gasteiger charge is 2.25. The maximum Gasteiger partial charge on any atom is 0.335 e. The van der Waals surface area contributed by atoms with Crippen molar-refractivity contribution in [3.8, 4) is 11.5 Å². The summed E-state index contributed by atoms with van der Waals surface area (Å²) in [6, 6.07) is 5.84. The zero-order chi connectivity index (χ0) is 17.3. The molecule has 0 aliphatic heterocycles. The highest BCUT2D eigenvalue weighted by Crippen LogP contribution is 2.44. The number of fused-ring (bicyclic) bond motifs is 2. The van der Waals surface area contributed by atoms with E-state index in [1.165, 1.54) is 6.92 Å². The Morgan fingerprint density at radius 1 is 1.04 bits per heavy atom. The van der Waals surface area contributed by atoms with Gasteiger partial charge in [-0.2, -0.15) is 0 Å². The van der Waals surface area contributed by atoms with Crippen molar-refractivity contribution in [1.29, 1.82) is 0 Å². The molecule has 0 heterocycles. The molecule has 0 amide bonds. The maximum absolute atomic E-state index is 11.8. The van der Waals surface area contributed by atoms with Crippen LogP contribution in [0.1, 0.15) is 36.5 Å². The largest absolute Gasteiger partial charge is 0.426 e. The van der Waals surface area contributed by atoms with E-state index in [0.717, 1.165) is 59.2 Å². The zero-order valence-electron chi connectivity index (χ0n) is 14.0. The van der Waals surface area contributed by atoms with Crippen LogP contribution < -0.4 is 9.47 Å². The van der Waals surface area contributed by atoms with Crippen LogP contribution in [0.2, 0.25) is 0 Å². The molecule has 1 aliphatic carbocycles. The average molecular weight is 324 g/mol. The third-order valence-corrected chi connectivity index (χ3v) is 4.30. The van der Waals surface area contributed by atoms with Gasteiger partial charge < -0.3 is 9.47 Å². The van der Waals surface area contributed by atoms with Crippen LogP contribution in [0.5, 0.6) is 11.5 Å². The first-order valence-corrected chi connectivity index (χ1v) is 8.12. The Kier molecular flexibility index (Phi) is 4.38. The molecular formula is C20H20O4. The Hall–Kier alpha value is -2.62. The molecule has 0 unspecified atom stereocenters. The highest BCUT2D eigenvalue weighted by atomic mass is 16.5. The van der Waals surface area contributed by atoms with Gasteiger partial charge in [0.25, 0.3) is 0 Å². The van der Waals surface area contributed by atoms with Gasteiger partial charge in [0.15, 0.2) is 0 Å². The zero-order valence-corrected chi connectivity index (χ0v) is 14.0. The molecule has 0 bridgehead atoms. The molecule has 0 spiro atoms. The van der Waals surface area contributed by atoms with Gasteiger partial charge in [-0.05, 0) is 38.7 Å². The molecule has 0 aromatic heterocycles. The van der Waals surface area contributed by atoms with Gasteiger partial charge >= 0.3 is 11.9 Å². The Bertz CT molecular complexity index is 849. The molecule has 4 nitrogen and oxygen atoms in total. The number of aryl methyl sites for hydroxylation is 1. The normalized spacial score (nSPS) is 13.2. The first kappa shape index (κ1) is 16.2. The second kappa shape index (κ2) is 6.48. The molecule has 0 saturated heterocycles. The van der Waals surface area contributed by atoms with Crippen LogP contribution >= 0.6 is 0 Å². The molecule has 2 aromatic rings. The summed E-state index contributed by atoms with van der Waals surface area (Å²) in [5.41, 5.74) is 2.98. The molecule has 4 heteroatoms. The van der Waals surface area contributed by atoms with Crippen molar-refractivity contribution < 1.29 is 19.1 Å². The number of hydrogen-bond acceptors (Lipinski definition) is 4. The number of carbonyl (C=O) groups is 2. The van der Waals surface area contributed by atoms with Gasteiger partial charge in [-0.15, -0.1) is 0 Å². The van der Waals surface area contributed by atoms with E-state index < -0.39 is 5.97 Å². The maximum atomic E-state index is 11.8. The number of hydrogen-bond donors (Lipinski definition) is 0. The van der Waals surface area contributed by atoms with Crippen molar-refractivity contribution in [1.82, 2.24) is 0 Å². The van der Waals surface area contributed by atoms with Crippen LogP contribution in [0.4, 0.5) is 0 Å². The monoisotopic (exact) mass is 324 g/mol. The molecule has 24 heavy (non-hydrogen) atoms. The summed E-state index contributed by atoms with van der Waals surface area (Å²) >= 11 is 0. The molecule has 0 atom stereocenters. The topological polar surface area (TPSA) is 52.6 Å². The minimum Gasteiger partial charge on any atom is -0.426 e. The summed E-state index contributed by atoms with van der Waals surface area (Å²) < 4.78 is 11.1. The molecule has 1 aliphatic rings. The van der Waals surface area contributed by atoms with Crippen LogP contribution in [0.25, 0.3) is 10.8 Å². The highest BCUT2D eigenvalue weighted by molar-refractivity contribution is 5.99. The molecular weight excluding hydrogens is 304 g/mol. The Balaban J connectivity index is 2.35. The second-order valence-electron chi connectivity index (χ2n) is 6.09. The second-order valence-corrected chi connectivity index (χ2v) is 6.09. The fourth-order valence-electron chi connectivity index (χ4n) is 3.29. The lowest BCUT2D eigenvalue weighted by molar-refractivity contribution is -0.132. The molecule has 2 aromatic carbocycles. The lowest BCUT2D eigenvalue weighted by Crippen LogP contribution is -2.14. The van der Waals surface area contributed by atoms with E-state index in [2.05, 4.69) is 6.58 Å². The number of esters is 2. The van der Waals surface area contributed by atoms with Gasteiger partial charge in [-0.3, -0.25) is 4.79 Å². The summed E-state index contributed by atoms with van der Waals surface area (Å²) in [6.07, 6.45) is 4.80. The van der Waals surface area contributed by atoms with Gasteiger partial charge in [0.1, 0.15) is 11.5 Å². The van der Waals surface area contributed by atoms with Crippen molar-refractivity contribution in [3.63, 3.8) is 0 Å². The van der Waals surface area contributed by atoms with E-state index in [4.69, 9.17) is 9.47 Å². The molecule has 3 rings (SSSR count). The SMILES string of the molecule is C=CC(=O)Oc1c2c(c(OC(C)=O)c3cc(C)ccc13)CCCC2. The van der Waals surface area contributed by atoms with E-state index in [0.29, 0.717) is 11.5 Å². The average Bonchev–Trinajstić information content (AvgIpc) is 2.57. The van der Waals surface area contributed by atoms with Gasteiger partial charge in [0.05, 0.1) is 0 Å². The van der Waals surface area contributed by atoms with E-state index in [9.17, 15) is 9.59 Å². The molecule has 0 N–H and O–H groups in total. The predicted octanol–water partition coefficient (Wildman–Crippen LogP) is 4.04. The van der Waals surface area contributed by atoms with Crippen LogP contribution in [0.15, 0.2) is 30.9 Å². The van der Waals surface area contributed by atoms with Crippen LogP contribution in [0.3, 0.4) is 0 Å². The number of rotatable bonds is 3. The molecule has 124 valence electrons. The summed E-state index contributed by atoms with van der Waals surface area (Å²) in [7, 11) is 0. The molecule has 0 saturated carbocycles. The molecule has 0 radical (unpaired) electrons. The van der Waals surface area contributed by atoms with E-state index in [1.807, 2.05) is 25.1 Å². The van der Waals surface area contributed by atoms with Gasteiger partial charge in [0, 0.05) is 34.9 Å². The van der Waals surface area contributed by atoms with Gasteiger partial charge in [-0.1, -0.05) is 24.3 Å². The van der Waals surface area contributed by atoms with E-state index in [1.54, 1.807) is 0 Å². The first-order chi connectivity index (χ1) is 11.5. The Labute approximate surface area is 141 Å². The lowest BCUT2D eigenvalue weighted by atomic mass is 9.87. The number of ether oxygens (including phenoxy) is 2. The standard InChI is InChI=1S/C20H20O4/c1-4-18(22)24-19-14-7-5-6-8-15(14)20(23-13(3)21)17-11-12(2)9-10-16(17)19/h4,9-11H,1,5-8H2,2-3H3. The number of benzene rings is 2. The van der Waals surface area contributed by atoms with E-state index in [-0.39, 0.29) is 5.97 Å². The Morgan fingerprint density at radius 2 is 1.67 bits per heavy atom. The van der Waals surface area contributed by atoms with Crippen LogP contribution in [0, 0.1) is 6.92 Å². The summed E-state index contributed by atoms with van der Waals surface area (Å²) in [6.45, 7) is 6.86. The van der Waals surface area contributed by atoms with E-state index >= 15 is 0 Å². The van der Waals surface area contributed by atoms with Crippen LogP contribution in [-0.4, -0.2) is 11.9 Å². The molecule has 0 fully saturated rings. The quantitative estimate of drug-likeness (QED) is 0.486. The fourth-order valence-corrected chi connectivity index (χ4v) is 3.29. The minimum absolute atomic E-state index is 0.346. The van der Waals surface area contributed by atoms with Crippen molar-refractivity contribution in [3.05, 3.63) is 47.5 Å². The van der Waals surface area contributed by atoms with Crippen LogP contribution in [-0.2, 0) is 22.4 Å². The van der Waals surface area contributed by atoms with Gasteiger partial charge in [-0.25, -0.2) is 4.79 Å². The third kappa shape index (κ3) is 2.92. The van der Waals surface area contributed by atoms with Crippen molar-refractivity contribution >= 4 is 22.7 Å². The summed E-state index contributed by atoms with van der Waals surface area (Å²) in [4.78, 5) is 23.4. The number of carbonyl (C=O) groups excluding carboxylic acids is 2. The first-order valence-electron chi connectivity index (χ1n) is 8.12. The van der Waals surface area contributed by atoms with Crippen molar-refractivity contribution in [2.45, 2.75) is 39.5 Å². The summed E-state index contributed by atoms with van der Waals surface area (Å²) in [5, 5.41) is 1.59. The predicted molar refractivity (Wildman–Crippen MR) is 92.5 cm³/mol. The smallest absolute Gasteiger partial charge is 0.335 e. The summed E-state index contributed by atoms with van der Waals surface area (Å²) in [5.74, 6) is 0.348.